The second-order valence-electron chi connectivity index (χ2n) is 4.15. The maximum atomic E-state index is 12.4. The predicted octanol–water partition coefficient (Wildman–Crippen LogP) is 3.28. The van der Waals surface area contributed by atoms with E-state index in [0.29, 0.717) is 28.8 Å². The highest BCUT2D eigenvalue weighted by Gasteiger charge is 2.12. The van der Waals surface area contributed by atoms with Crippen molar-refractivity contribution in [1.82, 2.24) is 5.32 Å². The Morgan fingerprint density at radius 3 is 2.75 bits per heavy atom. The Bertz CT molecular complexity index is 433. The molecule has 112 valence electrons. The molecule has 0 aromatic heterocycles. The number of halogens is 2. The average Bonchev–Trinajstić information content (AvgIpc) is 2.38. The molecule has 0 aliphatic rings. The van der Waals surface area contributed by atoms with E-state index in [1.54, 1.807) is 18.2 Å². The summed E-state index contributed by atoms with van der Waals surface area (Å²) in [4.78, 5) is 11.9. The SMILES string of the molecule is CCCC(O)CNC(=O)Nc1ccccc1SC(F)F. The number of benzene rings is 1. The van der Waals surface area contributed by atoms with Crippen LogP contribution in [-0.2, 0) is 0 Å². The summed E-state index contributed by atoms with van der Waals surface area (Å²) in [6, 6.07) is 5.81. The fourth-order valence-electron chi connectivity index (χ4n) is 1.58. The standard InChI is InChI=1S/C13H18F2N2O2S/c1-2-5-9(18)8-16-13(19)17-10-6-3-4-7-11(10)20-12(14)15/h3-4,6-7,9,12,18H,2,5,8H2,1H3,(H2,16,17,19). The normalized spacial score (nSPS) is 12.2. The highest BCUT2D eigenvalue weighted by atomic mass is 32.2. The van der Waals surface area contributed by atoms with Gasteiger partial charge in [-0.05, 0) is 18.6 Å². The van der Waals surface area contributed by atoms with Gasteiger partial charge in [-0.1, -0.05) is 37.2 Å². The number of alkyl halides is 2. The molecule has 0 heterocycles. The summed E-state index contributed by atoms with van der Waals surface area (Å²) < 4.78 is 24.8. The Balaban J connectivity index is 2.53. The minimum Gasteiger partial charge on any atom is -0.391 e. The maximum Gasteiger partial charge on any atom is 0.319 e. The van der Waals surface area contributed by atoms with Gasteiger partial charge < -0.3 is 15.7 Å². The molecule has 1 unspecified atom stereocenters. The zero-order valence-electron chi connectivity index (χ0n) is 11.1. The lowest BCUT2D eigenvalue weighted by atomic mass is 10.2. The zero-order valence-corrected chi connectivity index (χ0v) is 11.9. The first-order valence-electron chi connectivity index (χ1n) is 6.29. The van der Waals surface area contributed by atoms with Gasteiger partial charge in [-0.2, -0.15) is 8.78 Å². The molecule has 3 N–H and O–H groups in total. The Morgan fingerprint density at radius 1 is 1.40 bits per heavy atom. The van der Waals surface area contributed by atoms with Gasteiger partial charge in [0, 0.05) is 11.4 Å². The Hall–Kier alpha value is -1.34. The van der Waals surface area contributed by atoms with Gasteiger partial charge in [0.1, 0.15) is 0 Å². The smallest absolute Gasteiger partial charge is 0.319 e. The number of rotatable bonds is 7. The highest BCUT2D eigenvalue weighted by Crippen LogP contribution is 2.31. The van der Waals surface area contributed by atoms with E-state index in [0.717, 1.165) is 6.42 Å². The van der Waals surface area contributed by atoms with E-state index in [4.69, 9.17) is 0 Å². The number of aliphatic hydroxyl groups excluding tert-OH is 1. The quantitative estimate of drug-likeness (QED) is 0.677. The monoisotopic (exact) mass is 304 g/mol. The van der Waals surface area contributed by atoms with E-state index >= 15 is 0 Å². The molecule has 20 heavy (non-hydrogen) atoms. The zero-order chi connectivity index (χ0) is 15.0. The lowest BCUT2D eigenvalue weighted by Gasteiger charge is -2.13. The predicted molar refractivity (Wildman–Crippen MR) is 76.2 cm³/mol. The minimum absolute atomic E-state index is 0.129. The lowest BCUT2D eigenvalue weighted by molar-refractivity contribution is 0.162. The molecule has 4 nitrogen and oxygen atoms in total. The molecular formula is C13H18F2N2O2S. The summed E-state index contributed by atoms with van der Waals surface area (Å²) in [6.45, 7) is 2.06. The second-order valence-corrected chi connectivity index (χ2v) is 5.18. The van der Waals surface area contributed by atoms with E-state index in [2.05, 4.69) is 10.6 Å². The molecule has 0 radical (unpaired) electrons. The van der Waals surface area contributed by atoms with Gasteiger partial charge in [-0.3, -0.25) is 0 Å². The number of nitrogens with one attached hydrogen (secondary N) is 2. The first kappa shape index (κ1) is 16.7. The number of amides is 2. The van der Waals surface area contributed by atoms with E-state index in [9.17, 15) is 18.7 Å². The average molecular weight is 304 g/mol. The van der Waals surface area contributed by atoms with Gasteiger partial charge in [0.15, 0.2) is 0 Å². The third-order valence-corrected chi connectivity index (χ3v) is 3.26. The van der Waals surface area contributed by atoms with Crippen molar-refractivity contribution < 1.29 is 18.7 Å². The Kier molecular flexibility index (Phi) is 7.32. The van der Waals surface area contributed by atoms with Gasteiger partial charge in [0.05, 0.1) is 11.8 Å². The first-order valence-corrected chi connectivity index (χ1v) is 7.17. The van der Waals surface area contributed by atoms with Crippen LogP contribution in [-0.4, -0.2) is 29.5 Å². The second kappa shape index (κ2) is 8.76. The fraction of sp³-hybridized carbons (Fsp3) is 0.462. The number of urea groups is 1. The van der Waals surface area contributed by atoms with E-state index in [1.807, 2.05) is 6.92 Å². The van der Waals surface area contributed by atoms with Crippen LogP contribution >= 0.6 is 11.8 Å². The van der Waals surface area contributed by atoms with Gasteiger partial charge in [0.25, 0.3) is 5.76 Å². The summed E-state index contributed by atoms with van der Waals surface area (Å²) in [6.07, 6.45) is 0.813. The molecule has 0 saturated heterocycles. The van der Waals surface area contributed by atoms with Crippen LogP contribution in [0.25, 0.3) is 0 Å². The molecule has 1 aromatic carbocycles. The Morgan fingerprint density at radius 2 is 2.10 bits per heavy atom. The van der Waals surface area contributed by atoms with Crippen molar-refractivity contribution in [2.45, 2.75) is 36.5 Å². The molecule has 1 atom stereocenters. The highest BCUT2D eigenvalue weighted by molar-refractivity contribution is 7.99. The van der Waals surface area contributed by atoms with Crippen LogP contribution in [0.3, 0.4) is 0 Å². The number of para-hydroxylation sites is 1. The Labute approximate surface area is 120 Å². The molecule has 1 aromatic rings. The van der Waals surface area contributed by atoms with Gasteiger partial charge in [-0.15, -0.1) is 0 Å². The molecule has 0 spiro atoms. The largest absolute Gasteiger partial charge is 0.391 e. The van der Waals surface area contributed by atoms with Crippen molar-refractivity contribution in [3.05, 3.63) is 24.3 Å². The molecular weight excluding hydrogens is 286 g/mol. The molecule has 2 amide bonds. The number of aliphatic hydroxyl groups is 1. The van der Waals surface area contributed by atoms with Gasteiger partial charge in [0.2, 0.25) is 0 Å². The number of thioether (sulfide) groups is 1. The van der Waals surface area contributed by atoms with Crippen molar-refractivity contribution in [1.29, 1.82) is 0 Å². The molecule has 0 saturated carbocycles. The van der Waals surface area contributed by atoms with E-state index in [1.165, 1.54) is 6.07 Å². The minimum atomic E-state index is -2.55. The molecule has 0 fully saturated rings. The van der Waals surface area contributed by atoms with Crippen LogP contribution in [0, 0.1) is 0 Å². The number of hydrogen-bond donors (Lipinski definition) is 3. The molecule has 0 aliphatic heterocycles. The summed E-state index contributed by atoms with van der Waals surface area (Å²) in [5, 5.41) is 14.5. The molecule has 0 bridgehead atoms. The third-order valence-electron chi connectivity index (χ3n) is 2.47. The number of hydrogen-bond acceptors (Lipinski definition) is 3. The van der Waals surface area contributed by atoms with Crippen LogP contribution in [0.5, 0.6) is 0 Å². The van der Waals surface area contributed by atoms with Crippen LogP contribution < -0.4 is 10.6 Å². The van der Waals surface area contributed by atoms with Crippen molar-refractivity contribution in [2.75, 3.05) is 11.9 Å². The summed E-state index contributed by atoms with van der Waals surface area (Å²) in [5.74, 6) is -2.55. The topological polar surface area (TPSA) is 61.4 Å². The van der Waals surface area contributed by atoms with Gasteiger partial charge in [-0.25, -0.2) is 4.79 Å². The van der Waals surface area contributed by atoms with Crippen molar-refractivity contribution in [3.8, 4) is 0 Å². The first-order chi connectivity index (χ1) is 9.52. The summed E-state index contributed by atoms with van der Waals surface area (Å²) in [5.41, 5.74) is 0.320. The van der Waals surface area contributed by atoms with Crippen LogP contribution in [0.2, 0.25) is 0 Å². The molecule has 1 rings (SSSR count). The number of carbonyl (C=O) groups excluding carboxylic acids is 1. The number of anilines is 1. The maximum absolute atomic E-state index is 12.4. The van der Waals surface area contributed by atoms with Crippen LogP contribution in [0.1, 0.15) is 19.8 Å². The van der Waals surface area contributed by atoms with Crippen molar-refractivity contribution in [3.63, 3.8) is 0 Å². The molecule has 7 heteroatoms. The summed E-state index contributed by atoms with van der Waals surface area (Å²) >= 11 is 0.374. The third kappa shape index (κ3) is 6.21. The van der Waals surface area contributed by atoms with E-state index < -0.39 is 17.9 Å². The summed E-state index contributed by atoms with van der Waals surface area (Å²) in [7, 11) is 0. The molecule has 0 aliphatic carbocycles. The van der Waals surface area contributed by atoms with Gasteiger partial charge >= 0.3 is 6.03 Å². The van der Waals surface area contributed by atoms with Crippen LogP contribution in [0.15, 0.2) is 29.2 Å². The number of carbonyl (C=O) groups is 1. The van der Waals surface area contributed by atoms with Crippen LogP contribution in [0.4, 0.5) is 19.3 Å². The van der Waals surface area contributed by atoms with Crippen molar-refractivity contribution >= 4 is 23.5 Å². The lowest BCUT2D eigenvalue weighted by Crippen LogP contribution is -2.35. The van der Waals surface area contributed by atoms with Crippen molar-refractivity contribution in [2.24, 2.45) is 0 Å². The van der Waals surface area contributed by atoms with E-state index in [-0.39, 0.29) is 6.54 Å². The fourth-order valence-corrected chi connectivity index (χ4v) is 2.18.